The lowest BCUT2D eigenvalue weighted by molar-refractivity contribution is -0.605. The Bertz CT molecular complexity index is 845. The first-order valence-corrected chi connectivity index (χ1v) is 8.55. The molecule has 0 aliphatic heterocycles. The molecule has 0 spiro atoms. The second-order valence-corrected chi connectivity index (χ2v) is 6.25. The van der Waals surface area contributed by atoms with Gasteiger partial charge < -0.3 is 15.3 Å². The Morgan fingerprint density at radius 2 is 1.96 bits per heavy atom. The number of methoxy groups -OCH3 is 1. The highest BCUT2D eigenvalue weighted by Crippen LogP contribution is 2.30. The molecule has 0 amide bonds. The molecule has 0 atom stereocenters. The van der Waals surface area contributed by atoms with Gasteiger partial charge in [0.25, 0.3) is 0 Å². The van der Waals surface area contributed by atoms with Gasteiger partial charge in [0.05, 0.1) is 24.0 Å². The van der Waals surface area contributed by atoms with Gasteiger partial charge in [0, 0.05) is 24.1 Å². The van der Waals surface area contributed by atoms with Gasteiger partial charge in [-0.2, -0.15) is 4.73 Å². The monoisotopic (exact) mass is 355 g/mol. The van der Waals surface area contributed by atoms with E-state index < -0.39 is 0 Å². The van der Waals surface area contributed by atoms with Crippen LogP contribution in [0.2, 0.25) is 0 Å². The summed E-state index contributed by atoms with van der Waals surface area (Å²) >= 11 is 1.46. The first kappa shape index (κ1) is 16.9. The second-order valence-electron chi connectivity index (χ2n) is 5.39. The van der Waals surface area contributed by atoms with E-state index in [-0.39, 0.29) is 12.3 Å². The van der Waals surface area contributed by atoms with Crippen LogP contribution in [-0.4, -0.2) is 24.4 Å². The number of benzene rings is 1. The van der Waals surface area contributed by atoms with Crippen molar-refractivity contribution in [1.82, 2.24) is 4.98 Å². The minimum Gasteiger partial charge on any atom is -0.619 e. The van der Waals surface area contributed by atoms with Crippen molar-refractivity contribution >= 4 is 22.9 Å². The molecule has 1 aromatic carbocycles. The van der Waals surface area contributed by atoms with Gasteiger partial charge in [-0.15, -0.1) is 11.3 Å². The van der Waals surface area contributed by atoms with Crippen LogP contribution in [0.15, 0.2) is 54.3 Å². The Labute approximate surface area is 149 Å². The molecule has 0 unspecified atom stereocenters. The van der Waals surface area contributed by atoms with Crippen molar-refractivity contribution in [1.29, 1.82) is 0 Å². The average molecular weight is 355 g/mol. The highest BCUT2D eigenvalue weighted by atomic mass is 32.1. The predicted molar refractivity (Wildman–Crippen MR) is 96.7 cm³/mol. The van der Waals surface area contributed by atoms with E-state index in [0.717, 1.165) is 26.5 Å². The number of pyridine rings is 1. The molecular formula is C18H17N3O3S. The van der Waals surface area contributed by atoms with Crippen LogP contribution in [0.25, 0.3) is 10.4 Å². The summed E-state index contributed by atoms with van der Waals surface area (Å²) in [7, 11) is 1.61. The molecule has 2 heterocycles. The number of aromatic nitrogens is 2. The van der Waals surface area contributed by atoms with Crippen LogP contribution in [-0.2, 0) is 11.2 Å². The number of nitrogens with one attached hydrogen (secondary N) is 1. The molecule has 7 heteroatoms. The van der Waals surface area contributed by atoms with Gasteiger partial charge in [-0.05, 0) is 17.7 Å². The van der Waals surface area contributed by atoms with Gasteiger partial charge in [0.1, 0.15) is 11.6 Å². The summed E-state index contributed by atoms with van der Waals surface area (Å²) in [5.41, 5.74) is 3.54. The lowest BCUT2D eigenvalue weighted by Crippen LogP contribution is -2.23. The number of carbonyl (C=O) groups excluding carboxylic acids is 1. The average Bonchev–Trinajstić information content (AvgIpc) is 3.10. The van der Waals surface area contributed by atoms with E-state index in [1.807, 2.05) is 24.3 Å². The van der Waals surface area contributed by atoms with Crippen molar-refractivity contribution in [2.45, 2.75) is 6.42 Å². The summed E-state index contributed by atoms with van der Waals surface area (Å²) in [6, 6.07) is 10.9. The van der Waals surface area contributed by atoms with E-state index in [2.05, 4.69) is 10.3 Å². The maximum Gasteiger partial charge on any atom is 0.180 e. The third-order valence-corrected chi connectivity index (χ3v) is 4.52. The van der Waals surface area contributed by atoms with Crippen LogP contribution in [0.5, 0.6) is 5.75 Å². The zero-order chi connectivity index (χ0) is 17.6. The van der Waals surface area contributed by atoms with Crippen LogP contribution < -0.4 is 14.8 Å². The molecule has 6 nitrogen and oxygen atoms in total. The zero-order valence-corrected chi connectivity index (χ0v) is 14.5. The minimum absolute atomic E-state index is 0.0644. The van der Waals surface area contributed by atoms with E-state index in [9.17, 15) is 10.0 Å². The normalized spacial score (nSPS) is 10.4. The number of Topliss-reactive ketones (excluding diaryl/α,β-unsaturated/α-hetero) is 1. The lowest BCUT2D eigenvalue weighted by Gasteiger charge is -2.07. The van der Waals surface area contributed by atoms with Gasteiger partial charge in [0.2, 0.25) is 0 Å². The van der Waals surface area contributed by atoms with Crippen LogP contribution >= 0.6 is 11.3 Å². The number of ketones is 1. The largest absolute Gasteiger partial charge is 0.619 e. The first-order chi connectivity index (χ1) is 12.2. The Balaban J connectivity index is 1.61. The molecule has 0 bridgehead atoms. The van der Waals surface area contributed by atoms with Crippen LogP contribution in [0, 0.1) is 5.21 Å². The fraction of sp³-hybridized carbons (Fsp3) is 0.167. The number of hydrogen-bond acceptors (Lipinski definition) is 6. The lowest BCUT2D eigenvalue weighted by atomic mass is 10.1. The fourth-order valence-electron chi connectivity index (χ4n) is 2.36. The van der Waals surface area contributed by atoms with Crippen molar-refractivity contribution in [2.75, 3.05) is 19.0 Å². The number of rotatable bonds is 7. The molecule has 0 aliphatic rings. The SMILES string of the molecule is COc1ccc(CC(=O)CNc2ncsc2-c2cc[n+]([O-])cc2)cc1. The number of nitrogens with zero attached hydrogens (tertiary/aromatic N) is 2. The van der Waals surface area contributed by atoms with Crippen molar-refractivity contribution in [3.05, 3.63) is 65.1 Å². The third-order valence-electron chi connectivity index (χ3n) is 3.65. The zero-order valence-electron chi connectivity index (χ0n) is 13.6. The minimum atomic E-state index is 0.0644. The van der Waals surface area contributed by atoms with Crippen LogP contribution in [0.4, 0.5) is 5.82 Å². The summed E-state index contributed by atoms with van der Waals surface area (Å²) in [6.07, 6.45) is 3.22. The first-order valence-electron chi connectivity index (χ1n) is 7.67. The molecule has 3 aromatic rings. The fourth-order valence-corrected chi connectivity index (χ4v) is 3.13. The van der Waals surface area contributed by atoms with E-state index in [1.54, 1.807) is 24.8 Å². The van der Waals surface area contributed by atoms with Crippen LogP contribution in [0.1, 0.15) is 5.56 Å². The van der Waals surface area contributed by atoms with E-state index >= 15 is 0 Å². The second kappa shape index (κ2) is 7.76. The Morgan fingerprint density at radius 3 is 2.64 bits per heavy atom. The quantitative estimate of drug-likeness (QED) is 0.521. The number of thiazole rings is 1. The summed E-state index contributed by atoms with van der Waals surface area (Å²) in [5, 5.41) is 14.2. The molecule has 128 valence electrons. The van der Waals surface area contributed by atoms with Crippen molar-refractivity contribution in [2.24, 2.45) is 0 Å². The van der Waals surface area contributed by atoms with Gasteiger partial charge in [0.15, 0.2) is 18.2 Å². The summed E-state index contributed by atoms with van der Waals surface area (Å²) < 4.78 is 5.84. The number of carbonyl (C=O) groups is 1. The third kappa shape index (κ3) is 4.33. The number of anilines is 1. The molecule has 2 aromatic heterocycles. The molecule has 3 rings (SSSR count). The molecule has 1 N–H and O–H groups in total. The van der Waals surface area contributed by atoms with E-state index in [0.29, 0.717) is 12.2 Å². The molecule has 0 saturated heterocycles. The standard InChI is InChI=1S/C18H17N3O3S/c1-24-16-4-2-13(3-5-16)10-15(22)11-19-18-17(25-12-20-18)14-6-8-21(23)9-7-14/h2-9,12,19H,10-11H2,1H3. The maximum absolute atomic E-state index is 12.2. The molecule has 0 saturated carbocycles. The van der Waals surface area contributed by atoms with Gasteiger partial charge in [-0.1, -0.05) is 12.1 Å². The predicted octanol–water partition coefficient (Wildman–Crippen LogP) is 2.68. The van der Waals surface area contributed by atoms with Gasteiger partial charge in [-0.3, -0.25) is 4.79 Å². The molecule has 0 aliphatic carbocycles. The summed E-state index contributed by atoms with van der Waals surface area (Å²) in [4.78, 5) is 17.4. The van der Waals surface area contributed by atoms with Gasteiger partial charge >= 0.3 is 0 Å². The summed E-state index contributed by atoms with van der Waals surface area (Å²) in [5.74, 6) is 1.48. The highest BCUT2D eigenvalue weighted by molar-refractivity contribution is 7.13. The molecule has 25 heavy (non-hydrogen) atoms. The Morgan fingerprint density at radius 1 is 1.24 bits per heavy atom. The number of ether oxygens (including phenoxy) is 1. The highest BCUT2D eigenvalue weighted by Gasteiger charge is 2.11. The van der Waals surface area contributed by atoms with E-state index in [1.165, 1.54) is 23.7 Å². The topological polar surface area (TPSA) is 78.2 Å². The molecular weight excluding hydrogens is 338 g/mol. The Kier molecular flexibility index (Phi) is 5.25. The Hall–Kier alpha value is -2.93. The van der Waals surface area contributed by atoms with Crippen molar-refractivity contribution in [3.8, 4) is 16.2 Å². The molecule has 0 radical (unpaired) electrons. The van der Waals surface area contributed by atoms with Crippen molar-refractivity contribution < 1.29 is 14.3 Å². The van der Waals surface area contributed by atoms with Crippen molar-refractivity contribution in [3.63, 3.8) is 0 Å². The number of hydrogen-bond donors (Lipinski definition) is 1. The maximum atomic E-state index is 12.2. The smallest absolute Gasteiger partial charge is 0.180 e. The van der Waals surface area contributed by atoms with Gasteiger partial charge in [-0.25, -0.2) is 4.98 Å². The molecule has 0 fully saturated rings. The van der Waals surface area contributed by atoms with E-state index in [4.69, 9.17) is 4.74 Å². The van der Waals surface area contributed by atoms with Crippen LogP contribution in [0.3, 0.4) is 0 Å². The summed E-state index contributed by atoms with van der Waals surface area (Å²) in [6.45, 7) is 0.192.